The van der Waals surface area contributed by atoms with E-state index >= 15 is 0 Å². The van der Waals surface area contributed by atoms with Crippen molar-refractivity contribution in [2.24, 2.45) is 23.7 Å². The van der Waals surface area contributed by atoms with E-state index < -0.39 is 0 Å². The molecule has 4 unspecified atom stereocenters. The molecule has 0 aliphatic heterocycles. The van der Waals surface area contributed by atoms with Gasteiger partial charge in [-0.05, 0) is 97.2 Å². The first-order valence-corrected chi connectivity index (χ1v) is 14.5. The van der Waals surface area contributed by atoms with E-state index in [9.17, 15) is 9.59 Å². The van der Waals surface area contributed by atoms with Crippen molar-refractivity contribution < 1.29 is 9.59 Å². The first-order chi connectivity index (χ1) is 17.3. The third-order valence-electron chi connectivity index (χ3n) is 8.36. The van der Waals surface area contributed by atoms with Crippen LogP contribution in [-0.4, -0.2) is 23.9 Å². The van der Waals surface area contributed by atoms with Gasteiger partial charge in [0.1, 0.15) is 0 Å². The number of nitrogens with one attached hydrogen (secondary N) is 2. The Hall–Kier alpha value is -2.36. The van der Waals surface area contributed by atoms with Gasteiger partial charge >= 0.3 is 0 Å². The molecule has 0 spiro atoms. The van der Waals surface area contributed by atoms with Crippen LogP contribution < -0.4 is 10.6 Å². The van der Waals surface area contributed by atoms with Gasteiger partial charge in [-0.25, -0.2) is 0 Å². The van der Waals surface area contributed by atoms with Gasteiger partial charge in [-0.3, -0.25) is 9.59 Å². The Kier molecular flexibility index (Phi) is 9.09. The van der Waals surface area contributed by atoms with Crippen molar-refractivity contribution >= 4 is 22.6 Å². The fourth-order valence-electron chi connectivity index (χ4n) is 6.60. The van der Waals surface area contributed by atoms with Crippen molar-refractivity contribution in [2.75, 3.05) is 0 Å². The second kappa shape index (κ2) is 12.3. The molecular weight excluding hydrogens is 444 g/mol. The van der Waals surface area contributed by atoms with Gasteiger partial charge < -0.3 is 10.6 Å². The van der Waals surface area contributed by atoms with Gasteiger partial charge in [-0.1, -0.05) is 65.5 Å². The van der Waals surface area contributed by atoms with Gasteiger partial charge in [-0.2, -0.15) is 0 Å². The van der Waals surface area contributed by atoms with Crippen LogP contribution in [0.15, 0.2) is 36.4 Å². The third kappa shape index (κ3) is 6.89. The molecule has 4 rings (SSSR count). The monoisotopic (exact) mass is 490 g/mol. The number of carbonyl (C=O) groups is 2. The summed E-state index contributed by atoms with van der Waals surface area (Å²) in [6.07, 6.45) is 11.9. The average Bonchev–Trinajstić information content (AvgIpc) is 2.85. The van der Waals surface area contributed by atoms with E-state index in [4.69, 9.17) is 0 Å². The Balaban J connectivity index is 1.42. The lowest BCUT2D eigenvalue weighted by atomic mass is 9.79. The number of fused-ring (bicyclic) bond motifs is 1. The summed E-state index contributed by atoms with van der Waals surface area (Å²) in [6, 6.07) is 12.2. The molecule has 2 aromatic rings. The quantitative estimate of drug-likeness (QED) is 0.402. The minimum Gasteiger partial charge on any atom is -0.349 e. The fraction of sp³-hybridized carbons (Fsp3) is 0.625. The Bertz CT molecular complexity index is 960. The minimum atomic E-state index is 0.0212. The predicted octanol–water partition coefficient (Wildman–Crippen LogP) is 7.51. The van der Waals surface area contributed by atoms with Crippen LogP contribution in [0.4, 0.5) is 0 Å². The number of hydrogen-bond acceptors (Lipinski definition) is 2. The number of rotatable bonds is 8. The molecule has 2 saturated carbocycles. The van der Waals surface area contributed by atoms with E-state index in [0.29, 0.717) is 34.8 Å². The Labute approximate surface area is 218 Å². The molecule has 2 aliphatic carbocycles. The standard InChI is InChI=1S/C32H46N2O2/c1-21(2)17-25-9-5-7-11-29(25)33-31(35)27-15-13-24-20-28(16-14-23(24)19-27)32(36)34-30-12-8-6-10-26(30)18-22(3)4/h13-16,19-22,25-26,29-30H,5-12,17-18H2,1-4H3,(H,33,35)(H,34,36). The summed E-state index contributed by atoms with van der Waals surface area (Å²) in [5.74, 6) is 2.50. The summed E-state index contributed by atoms with van der Waals surface area (Å²) < 4.78 is 0. The highest BCUT2D eigenvalue weighted by Gasteiger charge is 2.28. The van der Waals surface area contributed by atoms with Crippen molar-refractivity contribution in [3.8, 4) is 0 Å². The highest BCUT2D eigenvalue weighted by molar-refractivity contribution is 6.02. The van der Waals surface area contributed by atoms with Crippen LogP contribution in [0.25, 0.3) is 10.8 Å². The van der Waals surface area contributed by atoms with Crippen molar-refractivity contribution in [2.45, 2.75) is 104 Å². The van der Waals surface area contributed by atoms with Crippen LogP contribution in [0, 0.1) is 23.7 Å². The molecular formula is C32H46N2O2. The van der Waals surface area contributed by atoms with Crippen LogP contribution in [0.1, 0.15) is 113 Å². The summed E-state index contributed by atoms with van der Waals surface area (Å²) in [4.78, 5) is 26.2. The zero-order valence-electron chi connectivity index (χ0n) is 22.8. The van der Waals surface area contributed by atoms with Gasteiger partial charge in [0.2, 0.25) is 0 Å². The largest absolute Gasteiger partial charge is 0.349 e. The molecule has 4 heteroatoms. The molecule has 0 bridgehead atoms. The molecule has 4 atom stereocenters. The second-order valence-electron chi connectivity index (χ2n) is 12.3. The van der Waals surface area contributed by atoms with E-state index in [1.54, 1.807) is 0 Å². The number of benzene rings is 2. The number of amides is 2. The fourth-order valence-corrected chi connectivity index (χ4v) is 6.60. The maximum atomic E-state index is 13.1. The number of hydrogen-bond donors (Lipinski definition) is 2. The molecule has 2 aromatic carbocycles. The lowest BCUT2D eigenvalue weighted by molar-refractivity contribution is 0.0890. The van der Waals surface area contributed by atoms with E-state index in [-0.39, 0.29) is 23.9 Å². The molecule has 0 saturated heterocycles. The Morgan fingerprint density at radius 3 is 1.44 bits per heavy atom. The molecule has 2 fully saturated rings. The van der Waals surface area contributed by atoms with E-state index in [1.807, 2.05) is 36.4 Å². The van der Waals surface area contributed by atoms with Crippen LogP contribution in [0.5, 0.6) is 0 Å². The summed E-state index contributed by atoms with van der Waals surface area (Å²) >= 11 is 0. The summed E-state index contributed by atoms with van der Waals surface area (Å²) in [6.45, 7) is 9.07. The van der Waals surface area contributed by atoms with Crippen LogP contribution >= 0.6 is 0 Å². The smallest absolute Gasteiger partial charge is 0.251 e. The molecule has 2 amide bonds. The molecule has 0 aromatic heterocycles. The first kappa shape index (κ1) is 26.7. The van der Waals surface area contributed by atoms with Gasteiger partial charge in [0.05, 0.1) is 0 Å². The van der Waals surface area contributed by atoms with Crippen molar-refractivity contribution in [3.63, 3.8) is 0 Å². The molecule has 2 aliphatic rings. The minimum absolute atomic E-state index is 0.0212. The zero-order chi connectivity index (χ0) is 25.7. The van der Waals surface area contributed by atoms with E-state index in [1.165, 1.54) is 51.4 Å². The van der Waals surface area contributed by atoms with Gasteiger partial charge in [-0.15, -0.1) is 0 Å². The summed E-state index contributed by atoms with van der Waals surface area (Å²) in [5.41, 5.74) is 1.40. The van der Waals surface area contributed by atoms with E-state index in [2.05, 4.69) is 38.3 Å². The molecule has 36 heavy (non-hydrogen) atoms. The maximum Gasteiger partial charge on any atom is 0.251 e. The second-order valence-corrected chi connectivity index (χ2v) is 12.3. The van der Waals surface area contributed by atoms with Crippen LogP contribution in [0.3, 0.4) is 0 Å². The first-order valence-electron chi connectivity index (χ1n) is 14.5. The summed E-state index contributed by atoms with van der Waals surface area (Å²) in [7, 11) is 0. The van der Waals surface area contributed by atoms with E-state index in [0.717, 1.165) is 23.6 Å². The average molecular weight is 491 g/mol. The topological polar surface area (TPSA) is 58.2 Å². The van der Waals surface area contributed by atoms with Crippen LogP contribution in [0.2, 0.25) is 0 Å². The molecule has 0 heterocycles. The highest BCUT2D eigenvalue weighted by atomic mass is 16.2. The maximum absolute atomic E-state index is 13.1. The van der Waals surface area contributed by atoms with Gasteiger partial charge in [0.15, 0.2) is 0 Å². The molecule has 2 N–H and O–H groups in total. The third-order valence-corrected chi connectivity index (χ3v) is 8.36. The molecule has 0 radical (unpaired) electrons. The van der Waals surface area contributed by atoms with Gasteiger partial charge in [0.25, 0.3) is 11.8 Å². The number of carbonyl (C=O) groups excluding carboxylic acids is 2. The normalized spacial score (nSPS) is 24.7. The van der Waals surface area contributed by atoms with Crippen LogP contribution in [-0.2, 0) is 0 Å². The highest BCUT2D eigenvalue weighted by Crippen LogP contribution is 2.31. The predicted molar refractivity (Wildman–Crippen MR) is 149 cm³/mol. The van der Waals surface area contributed by atoms with Crippen molar-refractivity contribution in [1.82, 2.24) is 10.6 Å². The van der Waals surface area contributed by atoms with Crippen molar-refractivity contribution in [3.05, 3.63) is 47.5 Å². The SMILES string of the molecule is CC(C)CC1CCCCC1NC(=O)c1ccc2cc(C(=O)NC3CCCCC3CC(C)C)ccc2c1. The van der Waals surface area contributed by atoms with Crippen molar-refractivity contribution in [1.29, 1.82) is 0 Å². The Morgan fingerprint density at radius 2 is 1.06 bits per heavy atom. The summed E-state index contributed by atoms with van der Waals surface area (Å²) in [5, 5.41) is 8.68. The zero-order valence-corrected chi connectivity index (χ0v) is 22.8. The Morgan fingerprint density at radius 1 is 0.667 bits per heavy atom. The van der Waals surface area contributed by atoms with Gasteiger partial charge in [0, 0.05) is 23.2 Å². The molecule has 196 valence electrons. The molecule has 4 nitrogen and oxygen atoms in total. The lowest BCUT2D eigenvalue weighted by Crippen LogP contribution is -2.42. The lowest BCUT2D eigenvalue weighted by Gasteiger charge is -2.33.